The third-order valence-corrected chi connectivity index (χ3v) is 5.12. The monoisotopic (exact) mass is 279 g/mol. The zero-order chi connectivity index (χ0) is 14.3. The van der Waals surface area contributed by atoms with Crippen molar-refractivity contribution < 1.29 is 9.59 Å². The molecule has 3 atom stereocenters. The lowest BCUT2D eigenvalue weighted by molar-refractivity contribution is -0.163. The molecule has 0 aromatic rings. The van der Waals surface area contributed by atoms with Gasteiger partial charge in [-0.3, -0.25) is 9.59 Å². The molecule has 3 aliphatic rings. The Bertz CT molecular complexity index is 412. The van der Waals surface area contributed by atoms with Crippen LogP contribution in [0.5, 0.6) is 0 Å². The largest absolute Gasteiger partial charge is 0.329 e. The fourth-order valence-corrected chi connectivity index (χ4v) is 3.91. The Labute approximate surface area is 120 Å². The van der Waals surface area contributed by atoms with E-state index in [1.54, 1.807) is 0 Å². The highest BCUT2D eigenvalue weighted by Crippen LogP contribution is 2.28. The lowest BCUT2D eigenvalue weighted by atomic mass is 9.94. The minimum atomic E-state index is -0.275. The van der Waals surface area contributed by atoms with Crippen LogP contribution in [0.3, 0.4) is 0 Å². The molecule has 0 aliphatic carbocycles. The molecular weight excluding hydrogens is 254 g/mol. The first-order valence-electron chi connectivity index (χ1n) is 7.87. The molecule has 0 spiro atoms. The van der Waals surface area contributed by atoms with Gasteiger partial charge in [0.15, 0.2) is 0 Å². The summed E-state index contributed by atoms with van der Waals surface area (Å²) in [5.74, 6) is 0.862. The van der Waals surface area contributed by atoms with Gasteiger partial charge in [-0.25, -0.2) is 0 Å². The summed E-state index contributed by atoms with van der Waals surface area (Å²) in [5.41, 5.74) is 0. The van der Waals surface area contributed by atoms with E-state index in [0.29, 0.717) is 5.92 Å². The van der Waals surface area contributed by atoms with E-state index in [0.717, 1.165) is 51.9 Å². The Hall–Kier alpha value is -1.10. The number of piperidine rings is 1. The Morgan fingerprint density at radius 1 is 1.10 bits per heavy atom. The quantitative estimate of drug-likeness (QED) is 0.741. The molecule has 112 valence electrons. The average molecular weight is 279 g/mol. The summed E-state index contributed by atoms with van der Waals surface area (Å²) >= 11 is 0. The average Bonchev–Trinajstić information content (AvgIpc) is 2.86. The summed E-state index contributed by atoms with van der Waals surface area (Å²) in [6.45, 7) is 5.55. The number of nitrogens with zero attached hydrogens (tertiary/aromatic N) is 3. The van der Waals surface area contributed by atoms with Gasteiger partial charge in [-0.1, -0.05) is 0 Å². The number of carbonyl (C=O) groups excluding carboxylic acids is 2. The smallest absolute Gasteiger partial charge is 0.246 e. The highest BCUT2D eigenvalue weighted by molar-refractivity contribution is 5.96. The van der Waals surface area contributed by atoms with Crippen molar-refractivity contribution in [2.75, 3.05) is 33.2 Å². The van der Waals surface area contributed by atoms with Crippen LogP contribution in [0, 0.1) is 5.92 Å². The summed E-state index contributed by atoms with van der Waals surface area (Å²) < 4.78 is 0. The summed E-state index contributed by atoms with van der Waals surface area (Å²) in [4.78, 5) is 31.2. The number of fused-ring (bicyclic) bond motifs is 1. The number of likely N-dealkylation sites (tertiary alicyclic amines) is 1. The molecular formula is C15H25N3O2. The van der Waals surface area contributed by atoms with Crippen LogP contribution in [0.25, 0.3) is 0 Å². The first-order chi connectivity index (χ1) is 9.58. The SMILES string of the molecule is CC1C(=O)N2CCCCC2C(=O)N1CC1CCN(C)C1. The highest BCUT2D eigenvalue weighted by atomic mass is 16.2. The Morgan fingerprint density at radius 3 is 2.60 bits per heavy atom. The third kappa shape index (κ3) is 2.32. The van der Waals surface area contributed by atoms with Crippen LogP contribution in [0.15, 0.2) is 0 Å². The van der Waals surface area contributed by atoms with Crippen LogP contribution >= 0.6 is 0 Å². The minimum Gasteiger partial charge on any atom is -0.329 e. The lowest BCUT2D eigenvalue weighted by Gasteiger charge is -2.46. The number of amides is 2. The van der Waals surface area contributed by atoms with Crippen LogP contribution in [0.1, 0.15) is 32.6 Å². The molecule has 3 rings (SSSR count). The van der Waals surface area contributed by atoms with Gasteiger partial charge in [0, 0.05) is 19.6 Å². The third-order valence-electron chi connectivity index (χ3n) is 5.12. The van der Waals surface area contributed by atoms with Crippen molar-refractivity contribution in [3.05, 3.63) is 0 Å². The van der Waals surface area contributed by atoms with Crippen molar-refractivity contribution in [1.29, 1.82) is 0 Å². The van der Waals surface area contributed by atoms with Gasteiger partial charge < -0.3 is 14.7 Å². The maximum absolute atomic E-state index is 12.7. The van der Waals surface area contributed by atoms with Crippen LogP contribution in [-0.2, 0) is 9.59 Å². The molecule has 5 heteroatoms. The van der Waals surface area contributed by atoms with Crippen LogP contribution < -0.4 is 0 Å². The zero-order valence-corrected chi connectivity index (χ0v) is 12.5. The molecule has 3 heterocycles. The van der Waals surface area contributed by atoms with Gasteiger partial charge in [0.1, 0.15) is 12.1 Å². The predicted molar refractivity (Wildman–Crippen MR) is 76.1 cm³/mol. The molecule has 3 aliphatic heterocycles. The topological polar surface area (TPSA) is 43.9 Å². The molecule has 0 aromatic heterocycles. The van der Waals surface area contributed by atoms with Crippen molar-refractivity contribution >= 4 is 11.8 Å². The molecule has 0 bridgehead atoms. The second kappa shape index (κ2) is 5.35. The number of piperazine rings is 1. The summed E-state index contributed by atoms with van der Waals surface area (Å²) in [7, 11) is 2.12. The molecule has 3 fully saturated rings. The fraction of sp³-hybridized carbons (Fsp3) is 0.867. The normalized spacial score (nSPS) is 35.6. The van der Waals surface area contributed by atoms with Crippen LogP contribution in [-0.4, -0.2) is 71.8 Å². The van der Waals surface area contributed by atoms with Gasteiger partial charge in [0.2, 0.25) is 11.8 Å². The van der Waals surface area contributed by atoms with Gasteiger partial charge in [0.05, 0.1) is 0 Å². The van der Waals surface area contributed by atoms with E-state index in [-0.39, 0.29) is 23.9 Å². The van der Waals surface area contributed by atoms with E-state index in [1.807, 2.05) is 16.7 Å². The van der Waals surface area contributed by atoms with E-state index in [9.17, 15) is 9.59 Å². The standard InChI is InChI=1S/C15H25N3O2/c1-11-14(19)17-7-4-3-5-13(17)15(20)18(11)10-12-6-8-16(2)9-12/h11-13H,3-10H2,1-2H3. The van der Waals surface area contributed by atoms with E-state index < -0.39 is 0 Å². The van der Waals surface area contributed by atoms with E-state index >= 15 is 0 Å². The van der Waals surface area contributed by atoms with Crippen molar-refractivity contribution in [3.63, 3.8) is 0 Å². The molecule has 20 heavy (non-hydrogen) atoms. The second-order valence-corrected chi connectivity index (χ2v) is 6.63. The van der Waals surface area contributed by atoms with Gasteiger partial charge in [-0.2, -0.15) is 0 Å². The lowest BCUT2D eigenvalue weighted by Crippen LogP contribution is -2.65. The summed E-state index contributed by atoms with van der Waals surface area (Å²) in [5, 5.41) is 0. The van der Waals surface area contributed by atoms with E-state index in [2.05, 4.69) is 11.9 Å². The predicted octanol–water partition coefficient (Wildman–Crippen LogP) is 0.550. The minimum absolute atomic E-state index is 0.153. The fourth-order valence-electron chi connectivity index (χ4n) is 3.91. The van der Waals surface area contributed by atoms with Gasteiger partial charge >= 0.3 is 0 Å². The molecule has 5 nitrogen and oxygen atoms in total. The van der Waals surface area contributed by atoms with Crippen LogP contribution in [0.4, 0.5) is 0 Å². The molecule has 0 N–H and O–H groups in total. The molecule has 3 unspecified atom stereocenters. The van der Waals surface area contributed by atoms with E-state index in [4.69, 9.17) is 0 Å². The van der Waals surface area contributed by atoms with Gasteiger partial charge in [0.25, 0.3) is 0 Å². The first-order valence-corrected chi connectivity index (χ1v) is 7.87. The number of carbonyl (C=O) groups is 2. The van der Waals surface area contributed by atoms with Gasteiger partial charge in [-0.05, 0) is 52.1 Å². The Morgan fingerprint density at radius 2 is 1.90 bits per heavy atom. The second-order valence-electron chi connectivity index (χ2n) is 6.63. The number of hydrogen-bond acceptors (Lipinski definition) is 3. The maximum atomic E-state index is 12.7. The van der Waals surface area contributed by atoms with Crippen molar-refractivity contribution in [2.24, 2.45) is 5.92 Å². The number of rotatable bonds is 2. The highest BCUT2D eigenvalue weighted by Gasteiger charge is 2.45. The first kappa shape index (κ1) is 13.9. The number of hydrogen-bond donors (Lipinski definition) is 0. The van der Waals surface area contributed by atoms with Crippen molar-refractivity contribution in [3.8, 4) is 0 Å². The Kier molecular flexibility index (Phi) is 3.71. The molecule has 3 saturated heterocycles. The molecule has 0 radical (unpaired) electrons. The molecule has 0 saturated carbocycles. The van der Waals surface area contributed by atoms with Crippen molar-refractivity contribution in [1.82, 2.24) is 14.7 Å². The maximum Gasteiger partial charge on any atom is 0.246 e. The Balaban J connectivity index is 1.73. The zero-order valence-electron chi connectivity index (χ0n) is 12.5. The summed E-state index contributed by atoms with van der Waals surface area (Å²) in [6, 6.07) is -0.450. The van der Waals surface area contributed by atoms with Gasteiger partial charge in [-0.15, -0.1) is 0 Å². The molecule has 2 amide bonds. The van der Waals surface area contributed by atoms with Crippen LogP contribution in [0.2, 0.25) is 0 Å². The summed E-state index contributed by atoms with van der Waals surface area (Å²) in [6.07, 6.45) is 4.08. The van der Waals surface area contributed by atoms with E-state index in [1.165, 1.54) is 0 Å². The van der Waals surface area contributed by atoms with Crippen molar-refractivity contribution in [2.45, 2.75) is 44.7 Å². The molecule has 0 aromatic carbocycles.